The van der Waals surface area contributed by atoms with Crippen LogP contribution >= 0.6 is 0 Å². The zero-order chi connectivity index (χ0) is 15.4. The number of rotatable bonds is 4. The highest BCUT2D eigenvalue weighted by atomic mass is 19.1. The molecule has 0 spiro atoms. The molecule has 0 saturated carbocycles. The van der Waals surface area contributed by atoms with Gasteiger partial charge in [0.2, 0.25) is 0 Å². The quantitative estimate of drug-likeness (QED) is 0.855. The zero-order valence-corrected chi connectivity index (χ0v) is 11.9. The number of hydrogen-bond acceptors (Lipinski definition) is 5. The summed E-state index contributed by atoms with van der Waals surface area (Å²) in [4.78, 5) is 11.1. The predicted molar refractivity (Wildman–Crippen MR) is 72.0 cm³/mol. The van der Waals surface area contributed by atoms with E-state index in [1.54, 1.807) is 6.92 Å². The molecule has 1 N–H and O–H groups in total. The first-order chi connectivity index (χ1) is 9.99. The minimum Gasteiger partial charge on any atom is -0.456 e. The van der Waals surface area contributed by atoms with Gasteiger partial charge < -0.3 is 19.3 Å². The number of halogens is 1. The van der Waals surface area contributed by atoms with Crippen molar-refractivity contribution >= 4 is 5.97 Å². The molecule has 1 aromatic carbocycles. The Balaban J connectivity index is 2.07. The normalized spacial score (nSPS) is 32.7. The van der Waals surface area contributed by atoms with Gasteiger partial charge in [-0.15, -0.1) is 0 Å². The second-order valence-corrected chi connectivity index (χ2v) is 5.01. The van der Waals surface area contributed by atoms with Crippen LogP contribution < -0.4 is 0 Å². The van der Waals surface area contributed by atoms with E-state index in [2.05, 4.69) is 0 Å². The first kappa shape index (κ1) is 15.9. The minimum atomic E-state index is -1.84. The van der Waals surface area contributed by atoms with E-state index in [1.807, 2.05) is 30.3 Å². The van der Waals surface area contributed by atoms with Crippen LogP contribution in [0.3, 0.4) is 0 Å². The fraction of sp³-hybridized carbons (Fsp3) is 0.533. The van der Waals surface area contributed by atoms with Gasteiger partial charge in [-0.2, -0.15) is 0 Å². The molecule has 116 valence electrons. The fourth-order valence-corrected chi connectivity index (χ4v) is 2.30. The van der Waals surface area contributed by atoms with E-state index in [-0.39, 0.29) is 6.61 Å². The van der Waals surface area contributed by atoms with Crippen molar-refractivity contribution in [2.24, 2.45) is 0 Å². The van der Waals surface area contributed by atoms with Crippen molar-refractivity contribution < 1.29 is 28.5 Å². The summed E-state index contributed by atoms with van der Waals surface area (Å²) < 4.78 is 29.7. The Bertz CT molecular complexity index is 466. The van der Waals surface area contributed by atoms with E-state index in [0.29, 0.717) is 0 Å². The molecule has 1 saturated heterocycles. The average molecular weight is 298 g/mol. The number of esters is 1. The van der Waals surface area contributed by atoms with Gasteiger partial charge in [-0.3, -0.25) is 4.79 Å². The molecule has 2 rings (SSSR count). The third-order valence-corrected chi connectivity index (χ3v) is 3.31. The average Bonchev–Trinajstić information content (AvgIpc) is 2.44. The van der Waals surface area contributed by atoms with Gasteiger partial charge in [-0.05, 0) is 12.5 Å². The molecule has 1 heterocycles. The molecule has 0 aliphatic carbocycles. The summed E-state index contributed by atoms with van der Waals surface area (Å²) in [6, 6.07) is 9.36. The van der Waals surface area contributed by atoms with Crippen molar-refractivity contribution in [1.29, 1.82) is 0 Å². The molecule has 1 aromatic rings. The molecular formula is C15H19FO5. The largest absolute Gasteiger partial charge is 0.456 e. The van der Waals surface area contributed by atoms with E-state index in [0.717, 1.165) is 5.56 Å². The molecule has 6 heteroatoms. The van der Waals surface area contributed by atoms with E-state index in [9.17, 15) is 14.3 Å². The Morgan fingerprint density at radius 1 is 1.33 bits per heavy atom. The van der Waals surface area contributed by atoms with Crippen LogP contribution in [0.2, 0.25) is 0 Å². The van der Waals surface area contributed by atoms with Crippen LogP contribution in [0.15, 0.2) is 30.3 Å². The number of alkyl halides is 1. The van der Waals surface area contributed by atoms with Gasteiger partial charge in [0.15, 0.2) is 18.6 Å². The van der Waals surface area contributed by atoms with Gasteiger partial charge in [0.05, 0.1) is 12.7 Å². The highest BCUT2D eigenvalue weighted by Gasteiger charge is 2.47. The van der Waals surface area contributed by atoms with Gasteiger partial charge in [0.25, 0.3) is 0 Å². The number of benzene rings is 1. The van der Waals surface area contributed by atoms with Gasteiger partial charge in [0, 0.05) is 6.92 Å². The van der Waals surface area contributed by atoms with E-state index in [4.69, 9.17) is 14.2 Å². The highest BCUT2D eigenvalue weighted by molar-refractivity contribution is 5.66. The lowest BCUT2D eigenvalue weighted by Gasteiger charge is -2.39. The molecular weight excluding hydrogens is 279 g/mol. The number of carbonyl (C=O) groups excluding carboxylic acids is 1. The summed E-state index contributed by atoms with van der Waals surface area (Å²) >= 11 is 0. The molecule has 0 amide bonds. The van der Waals surface area contributed by atoms with Crippen molar-refractivity contribution in [3.05, 3.63) is 35.9 Å². The summed E-state index contributed by atoms with van der Waals surface area (Å²) in [6.07, 6.45) is -6.04. The third kappa shape index (κ3) is 4.00. The summed E-state index contributed by atoms with van der Waals surface area (Å²) in [5, 5.41) is 9.49. The van der Waals surface area contributed by atoms with Crippen LogP contribution in [0.1, 0.15) is 19.4 Å². The fourth-order valence-electron chi connectivity index (χ4n) is 2.30. The lowest BCUT2D eigenvalue weighted by molar-refractivity contribution is -0.275. The van der Waals surface area contributed by atoms with Crippen molar-refractivity contribution in [2.45, 2.75) is 51.2 Å². The van der Waals surface area contributed by atoms with Gasteiger partial charge in [-0.1, -0.05) is 30.3 Å². The number of aliphatic hydroxyl groups is 1. The monoisotopic (exact) mass is 298 g/mol. The van der Waals surface area contributed by atoms with Gasteiger partial charge in [0.1, 0.15) is 6.10 Å². The summed E-state index contributed by atoms with van der Waals surface area (Å²) in [7, 11) is 0. The van der Waals surface area contributed by atoms with Crippen LogP contribution in [0, 0.1) is 0 Å². The van der Waals surface area contributed by atoms with Crippen LogP contribution in [0.4, 0.5) is 4.39 Å². The standard InChI is InChI=1S/C15H19FO5/c1-9-13(19-8-11-6-4-3-5-7-11)14(21-10(2)17)12(16)15(18)20-9/h3-7,9,12-15,18H,8H2,1-2H3/t9-,12+,13+,14-,15-/m0/s1. The molecule has 1 aliphatic rings. The van der Waals surface area contributed by atoms with Gasteiger partial charge in [-0.25, -0.2) is 4.39 Å². The van der Waals surface area contributed by atoms with Gasteiger partial charge >= 0.3 is 5.97 Å². The van der Waals surface area contributed by atoms with Crippen molar-refractivity contribution in [1.82, 2.24) is 0 Å². The smallest absolute Gasteiger partial charge is 0.303 e. The van der Waals surface area contributed by atoms with Crippen molar-refractivity contribution in [3.8, 4) is 0 Å². The Kier molecular flexibility index (Phi) is 5.27. The molecule has 1 fully saturated rings. The predicted octanol–water partition coefficient (Wildman–Crippen LogP) is 1.58. The van der Waals surface area contributed by atoms with Crippen LogP contribution in [0.5, 0.6) is 0 Å². The molecule has 0 unspecified atom stereocenters. The van der Waals surface area contributed by atoms with E-state index < -0.39 is 36.7 Å². The minimum absolute atomic E-state index is 0.236. The highest BCUT2D eigenvalue weighted by Crippen LogP contribution is 2.27. The molecule has 0 radical (unpaired) electrons. The lowest BCUT2D eigenvalue weighted by Crippen LogP contribution is -2.57. The third-order valence-electron chi connectivity index (χ3n) is 3.31. The molecule has 21 heavy (non-hydrogen) atoms. The van der Waals surface area contributed by atoms with E-state index >= 15 is 0 Å². The summed E-state index contributed by atoms with van der Waals surface area (Å²) in [6.45, 7) is 3.06. The number of aliphatic hydroxyl groups excluding tert-OH is 1. The van der Waals surface area contributed by atoms with E-state index in [1.165, 1.54) is 6.92 Å². The summed E-state index contributed by atoms with van der Waals surface area (Å²) in [5.74, 6) is -0.628. The maximum atomic E-state index is 14.0. The number of carbonyl (C=O) groups is 1. The molecule has 5 nitrogen and oxygen atoms in total. The second kappa shape index (κ2) is 6.98. The first-order valence-corrected chi connectivity index (χ1v) is 6.79. The lowest BCUT2D eigenvalue weighted by atomic mass is 10.00. The van der Waals surface area contributed by atoms with Crippen molar-refractivity contribution in [2.75, 3.05) is 0 Å². The Morgan fingerprint density at radius 3 is 2.62 bits per heavy atom. The van der Waals surface area contributed by atoms with Crippen LogP contribution in [0.25, 0.3) is 0 Å². The maximum absolute atomic E-state index is 14.0. The van der Waals surface area contributed by atoms with Crippen molar-refractivity contribution in [3.63, 3.8) is 0 Å². The van der Waals surface area contributed by atoms with Crippen LogP contribution in [-0.4, -0.2) is 41.8 Å². The first-order valence-electron chi connectivity index (χ1n) is 6.79. The summed E-state index contributed by atoms with van der Waals surface area (Å²) in [5.41, 5.74) is 0.910. The number of ether oxygens (including phenoxy) is 3. The second-order valence-electron chi connectivity index (χ2n) is 5.01. The zero-order valence-electron chi connectivity index (χ0n) is 11.9. The number of hydrogen-bond donors (Lipinski definition) is 1. The topological polar surface area (TPSA) is 65.0 Å². The molecule has 5 atom stereocenters. The molecule has 0 aromatic heterocycles. The Labute approximate surface area is 122 Å². The molecule has 1 aliphatic heterocycles. The maximum Gasteiger partial charge on any atom is 0.303 e. The SMILES string of the molecule is CC(=O)O[C@H]1[C@@H](F)[C@@H](O)O[C@@H](C)[C@H]1OCc1ccccc1. The Hall–Kier alpha value is -1.50. The molecule has 0 bridgehead atoms. The van der Waals surface area contributed by atoms with Crippen LogP contribution in [-0.2, 0) is 25.6 Å². The Morgan fingerprint density at radius 2 is 2.00 bits per heavy atom.